The molecule has 43 heavy (non-hydrogen) atoms. The van der Waals surface area contributed by atoms with Gasteiger partial charge in [-0.25, -0.2) is 9.59 Å². The number of carbonyl (C=O) groups is 2. The van der Waals surface area contributed by atoms with E-state index in [0.717, 1.165) is 28.2 Å². The van der Waals surface area contributed by atoms with E-state index in [0.29, 0.717) is 17.4 Å². The van der Waals surface area contributed by atoms with Crippen molar-refractivity contribution in [2.45, 2.75) is 64.2 Å². The largest absolute Gasteiger partial charge is 0.423 e. The minimum atomic E-state index is -0.684. The standard InChI is InChI=1S/C37H42O6/c1-4-5-6-7-27-8-10-28(11-9-27)29-12-14-31(15-13-29)34-22-32(18-21-35(34)43-37(41)26(3)24-39)30-16-19-33(20-17-30)42-36(40)25(2)23-38/h12-22,27-28,38-39H,2-11,23-24H2,1H3. The van der Waals surface area contributed by atoms with Gasteiger partial charge in [0.25, 0.3) is 0 Å². The highest BCUT2D eigenvalue weighted by Crippen LogP contribution is 2.40. The summed E-state index contributed by atoms with van der Waals surface area (Å²) in [5.41, 5.74) is 4.68. The second kappa shape index (κ2) is 15.5. The molecule has 0 bridgehead atoms. The van der Waals surface area contributed by atoms with E-state index in [-0.39, 0.29) is 11.1 Å². The second-order valence-corrected chi connectivity index (χ2v) is 11.4. The summed E-state index contributed by atoms with van der Waals surface area (Å²) in [7, 11) is 0. The normalized spacial score (nSPS) is 16.3. The number of aliphatic hydroxyl groups is 2. The number of esters is 2. The molecule has 0 saturated heterocycles. The van der Waals surface area contributed by atoms with Gasteiger partial charge in [0, 0.05) is 5.56 Å². The van der Waals surface area contributed by atoms with Crippen molar-refractivity contribution >= 4 is 11.9 Å². The average Bonchev–Trinajstić information content (AvgIpc) is 3.05. The highest BCUT2D eigenvalue weighted by Gasteiger charge is 2.22. The first-order chi connectivity index (χ1) is 20.8. The van der Waals surface area contributed by atoms with E-state index in [1.807, 2.05) is 24.3 Å². The molecule has 6 nitrogen and oxygen atoms in total. The third kappa shape index (κ3) is 8.53. The Balaban J connectivity index is 1.55. The van der Waals surface area contributed by atoms with Crippen molar-refractivity contribution in [1.82, 2.24) is 0 Å². The number of benzene rings is 3. The summed E-state index contributed by atoms with van der Waals surface area (Å²) in [5.74, 6) is 0.766. The number of aliphatic hydroxyl groups excluding tert-OH is 2. The SMILES string of the molecule is C=C(CO)C(=O)Oc1ccc(-c2ccc(OC(=O)C(=C)CO)c(-c3ccc(C4CCC(CCCCC)CC4)cc3)c2)cc1. The lowest BCUT2D eigenvalue weighted by atomic mass is 9.77. The fraction of sp³-hybridized carbons (Fsp3) is 0.351. The molecule has 0 amide bonds. The van der Waals surface area contributed by atoms with Crippen molar-refractivity contribution < 1.29 is 29.3 Å². The summed E-state index contributed by atoms with van der Waals surface area (Å²) < 4.78 is 10.9. The molecule has 226 valence electrons. The highest BCUT2D eigenvalue weighted by molar-refractivity contribution is 5.92. The zero-order valence-corrected chi connectivity index (χ0v) is 25.0. The van der Waals surface area contributed by atoms with E-state index >= 15 is 0 Å². The molecule has 2 N–H and O–H groups in total. The van der Waals surface area contributed by atoms with Crippen LogP contribution >= 0.6 is 0 Å². The zero-order valence-electron chi connectivity index (χ0n) is 25.0. The van der Waals surface area contributed by atoms with Crippen molar-refractivity contribution in [3.8, 4) is 33.8 Å². The van der Waals surface area contributed by atoms with Gasteiger partial charge in [0.15, 0.2) is 0 Å². The number of carbonyl (C=O) groups excluding carboxylic acids is 2. The van der Waals surface area contributed by atoms with E-state index in [4.69, 9.17) is 14.6 Å². The quantitative estimate of drug-likeness (QED) is 0.0925. The van der Waals surface area contributed by atoms with Gasteiger partial charge in [-0.3, -0.25) is 0 Å². The van der Waals surface area contributed by atoms with Crippen LogP contribution in [0.25, 0.3) is 22.3 Å². The highest BCUT2D eigenvalue weighted by atomic mass is 16.5. The molecule has 0 radical (unpaired) electrons. The molecule has 0 aliphatic heterocycles. The summed E-state index contributed by atoms with van der Waals surface area (Å²) in [6.07, 6.45) is 10.3. The fourth-order valence-electron chi connectivity index (χ4n) is 5.62. The first-order valence-electron chi connectivity index (χ1n) is 15.2. The molecule has 4 rings (SSSR count). The van der Waals surface area contributed by atoms with Crippen LogP contribution in [0, 0.1) is 5.92 Å². The lowest BCUT2D eigenvalue weighted by Gasteiger charge is -2.29. The lowest BCUT2D eigenvalue weighted by molar-refractivity contribution is -0.131. The molecule has 1 fully saturated rings. The third-order valence-electron chi connectivity index (χ3n) is 8.30. The van der Waals surface area contributed by atoms with Crippen molar-refractivity contribution in [2.24, 2.45) is 5.92 Å². The van der Waals surface area contributed by atoms with Crippen LogP contribution < -0.4 is 9.47 Å². The molecule has 6 heteroatoms. The van der Waals surface area contributed by atoms with Gasteiger partial charge in [-0.1, -0.05) is 88.2 Å². The Kier molecular flexibility index (Phi) is 11.5. The molecule has 1 saturated carbocycles. The lowest BCUT2D eigenvalue weighted by Crippen LogP contribution is -2.14. The minimum Gasteiger partial charge on any atom is -0.423 e. The van der Waals surface area contributed by atoms with Crippen LogP contribution in [0.4, 0.5) is 0 Å². The first kappa shape index (κ1) is 31.9. The molecular weight excluding hydrogens is 540 g/mol. The van der Waals surface area contributed by atoms with E-state index < -0.39 is 25.2 Å². The van der Waals surface area contributed by atoms with Crippen molar-refractivity contribution in [3.63, 3.8) is 0 Å². The van der Waals surface area contributed by atoms with Crippen LogP contribution in [0.5, 0.6) is 11.5 Å². The molecule has 3 aromatic carbocycles. The van der Waals surface area contributed by atoms with Gasteiger partial charge in [0.05, 0.1) is 24.4 Å². The van der Waals surface area contributed by atoms with Crippen LogP contribution in [0.1, 0.15) is 69.8 Å². The maximum absolute atomic E-state index is 12.5. The summed E-state index contributed by atoms with van der Waals surface area (Å²) >= 11 is 0. The fourth-order valence-corrected chi connectivity index (χ4v) is 5.62. The summed E-state index contributed by atoms with van der Waals surface area (Å²) in [6, 6.07) is 21.1. The van der Waals surface area contributed by atoms with E-state index in [9.17, 15) is 14.7 Å². The number of hydrogen-bond donors (Lipinski definition) is 2. The van der Waals surface area contributed by atoms with Crippen LogP contribution in [0.15, 0.2) is 91.0 Å². The van der Waals surface area contributed by atoms with E-state index in [1.54, 1.807) is 18.2 Å². The maximum atomic E-state index is 12.5. The summed E-state index contributed by atoms with van der Waals surface area (Å²) in [4.78, 5) is 24.4. The molecule has 0 spiro atoms. The van der Waals surface area contributed by atoms with Gasteiger partial charge in [-0.15, -0.1) is 0 Å². The molecule has 0 atom stereocenters. The predicted molar refractivity (Wildman–Crippen MR) is 170 cm³/mol. The van der Waals surface area contributed by atoms with Crippen LogP contribution in [-0.2, 0) is 9.59 Å². The Morgan fingerprint density at radius 3 is 1.93 bits per heavy atom. The molecule has 0 aromatic heterocycles. The molecule has 0 heterocycles. The monoisotopic (exact) mass is 582 g/mol. The van der Waals surface area contributed by atoms with Gasteiger partial charge in [0.1, 0.15) is 11.5 Å². The van der Waals surface area contributed by atoms with Crippen molar-refractivity contribution in [1.29, 1.82) is 0 Å². The Morgan fingerprint density at radius 1 is 0.744 bits per heavy atom. The Hall–Kier alpha value is -4.00. The molecular formula is C37H42O6. The summed E-state index contributed by atoms with van der Waals surface area (Å²) in [6.45, 7) is 8.38. The predicted octanol–water partition coefficient (Wildman–Crippen LogP) is 7.78. The van der Waals surface area contributed by atoms with E-state index in [2.05, 4.69) is 44.3 Å². The van der Waals surface area contributed by atoms with Crippen molar-refractivity contribution in [3.05, 3.63) is 96.6 Å². The molecule has 1 aliphatic carbocycles. The first-order valence-corrected chi connectivity index (χ1v) is 15.2. The third-order valence-corrected chi connectivity index (χ3v) is 8.30. The number of unbranched alkanes of at least 4 members (excludes halogenated alkanes) is 2. The van der Waals surface area contributed by atoms with Gasteiger partial charge < -0.3 is 19.7 Å². The van der Waals surface area contributed by atoms with Gasteiger partial charge in [-0.05, 0) is 84.0 Å². The zero-order chi connectivity index (χ0) is 30.8. The topological polar surface area (TPSA) is 93.1 Å². The van der Waals surface area contributed by atoms with Gasteiger partial charge >= 0.3 is 11.9 Å². The Labute approximate surface area is 254 Å². The number of hydrogen-bond acceptors (Lipinski definition) is 6. The van der Waals surface area contributed by atoms with E-state index in [1.165, 1.54) is 56.9 Å². The Bertz CT molecular complexity index is 1410. The van der Waals surface area contributed by atoms with Gasteiger partial charge in [0.2, 0.25) is 0 Å². The Morgan fingerprint density at radius 2 is 1.33 bits per heavy atom. The smallest absolute Gasteiger partial charge is 0.341 e. The van der Waals surface area contributed by atoms with Crippen LogP contribution in [0.3, 0.4) is 0 Å². The van der Waals surface area contributed by atoms with Crippen LogP contribution in [0.2, 0.25) is 0 Å². The van der Waals surface area contributed by atoms with Gasteiger partial charge in [-0.2, -0.15) is 0 Å². The molecule has 3 aromatic rings. The molecule has 1 aliphatic rings. The maximum Gasteiger partial charge on any atom is 0.341 e. The minimum absolute atomic E-state index is 0.0234. The number of ether oxygens (including phenoxy) is 2. The number of rotatable bonds is 13. The molecule has 0 unspecified atom stereocenters. The van der Waals surface area contributed by atoms with Crippen LogP contribution in [-0.4, -0.2) is 35.4 Å². The van der Waals surface area contributed by atoms with Crippen molar-refractivity contribution in [2.75, 3.05) is 13.2 Å². The summed E-state index contributed by atoms with van der Waals surface area (Å²) in [5, 5.41) is 18.5. The average molecular weight is 583 g/mol. The second-order valence-electron chi connectivity index (χ2n) is 11.4.